The van der Waals surface area contributed by atoms with E-state index in [9.17, 15) is 4.79 Å². The van der Waals surface area contributed by atoms with Gasteiger partial charge in [-0.25, -0.2) is 0 Å². The number of amides is 1. The number of nitrogens with one attached hydrogen (secondary N) is 1. The average Bonchev–Trinajstić information content (AvgIpc) is 2.14. The van der Waals surface area contributed by atoms with Gasteiger partial charge in [0.05, 0.1) is 26.8 Å². The van der Waals surface area contributed by atoms with Crippen LogP contribution in [0.15, 0.2) is 12.1 Å². The predicted molar refractivity (Wildman–Crippen MR) is 63.3 cm³/mol. The van der Waals surface area contributed by atoms with E-state index in [1.54, 1.807) is 0 Å². The number of halogens is 3. The maximum Gasteiger partial charge on any atom is 0.235 e. The van der Waals surface area contributed by atoms with Crippen LogP contribution in [0.5, 0.6) is 0 Å². The van der Waals surface area contributed by atoms with E-state index in [0.717, 1.165) is 0 Å². The predicted octanol–water partition coefficient (Wildman–Crippen LogP) is 2.91. The van der Waals surface area contributed by atoms with E-state index >= 15 is 0 Å². The molecule has 76 valence electrons. The molecule has 0 heterocycles. The highest BCUT2D eigenvalue weighted by atomic mass is 79.9. The minimum atomic E-state index is -0.201. The van der Waals surface area contributed by atoms with Gasteiger partial charge in [0.1, 0.15) is 0 Å². The maximum absolute atomic E-state index is 11.0. The number of benzene rings is 1. The second kappa shape index (κ2) is 4.87. The molecule has 1 rings (SSSR count). The Labute approximate surface area is 99.7 Å². The fourth-order valence-electron chi connectivity index (χ4n) is 0.842. The molecule has 1 aromatic carbocycles. The van der Waals surface area contributed by atoms with E-state index in [1.807, 2.05) is 0 Å². The van der Waals surface area contributed by atoms with Crippen molar-refractivity contribution in [2.45, 2.75) is 0 Å². The van der Waals surface area contributed by atoms with Crippen molar-refractivity contribution >= 4 is 56.4 Å². The van der Waals surface area contributed by atoms with Crippen molar-refractivity contribution in [3.63, 3.8) is 0 Å². The molecule has 1 amide bonds. The fourth-order valence-corrected chi connectivity index (χ4v) is 1.36. The standard InChI is InChI=1S/C8H7BrCl2N2O/c9-3-8(14)13-7-2-4(10)6(12)1-5(7)11/h1-2H,3,12H2,(H,13,14). The third-order valence-corrected chi connectivity index (χ3v) is 2.63. The fraction of sp³-hybridized carbons (Fsp3) is 0.125. The minimum Gasteiger partial charge on any atom is -0.397 e. The lowest BCUT2D eigenvalue weighted by atomic mass is 10.3. The molecular weight excluding hydrogens is 291 g/mol. The summed E-state index contributed by atoms with van der Waals surface area (Å²) >= 11 is 14.6. The summed E-state index contributed by atoms with van der Waals surface area (Å²) in [5.41, 5.74) is 6.35. The maximum atomic E-state index is 11.0. The van der Waals surface area contributed by atoms with Gasteiger partial charge in [-0.1, -0.05) is 39.1 Å². The Morgan fingerprint density at radius 3 is 2.64 bits per heavy atom. The second-order valence-corrected chi connectivity index (χ2v) is 3.91. The molecule has 3 N–H and O–H groups in total. The van der Waals surface area contributed by atoms with Crippen LogP contribution in [0.4, 0.5) is 11.4 Å². The van der Waals surface area contributed by atoms with Gasteiger partial charge in [0.25, 0.3) is 0 Å². The van der Waals surface area contributed by atoms with E-state index < -0.39 is 0 Å². The molecule has 0 saturated heterocycles. The second-order valence-electron chi connectivity index (χ2n) is 2.54. The van der Waals surface area contributed by atoms with Gasteiger partial charge in [-0.3, -0.25) is 4.79 Å². The molecule has 0 aliphatic heterocycles. The first kappa shape index (κ1) is 11.6. The number of nitrogen functional groups attached to an aromatic ring is 1. The number of anilines is 2. The Hall–Kier alpha value is -0.450. The summed E-state index contributed by atoms with van der Waals surface area (Å²) in [5, 5.41) is 3.49. The lowest BCUT2D eigenvalue weighted by Gasteiger charge is -2.07. The molecule has 3 nitrogen and oxygen atoms in total. The van der Waals surface area contributed by atoms with Crippen molar-refractivity contribution in [2.75, 3.05) is 16.4 Å². The number of rotatable bonds is 2. The zero-order valence-corrected chi connectivity index (χ0v) is 10.1. The molecule has 6 heteroatoms. The highest BCUT2D eigenvalue weighted by Gasteiger charge is 2.07. The summed E-state index contributed by atoms with van der Waals surface area (Å²) in [5.74, 6) is -0.201. The summed E-state index contributed by atoms with van der Waals surface area (Å²) in [6, 6.07) is 3.01. The average molecular weight is 298 g/mol. The molecule has 0 bridgehead atoms. The quantitative estimate of drug-likeness (QED) is 0.651. The van der Waals surface area contributed by atoms with E-state index in [-0.39, 0.29) is 11.2 Å². The Bertz CT molecular complexity index is 371. The van der Waals surface area contributed by atoms with Crippen LogP contribution in [0.25, 0.3) is 0 Å². The first-order valence-electron chi connectivity index (χ1n) is 3.65. The molecule has 0 unspecified atom stereocenters. The van der Waals surface area contributed by atoms with Gasteiger partial charge in [-0.2, -0.15) is 0 Å². The SMILES string of the molecule is Nc1cc(Cl)c(NC(=O)CBr)cc1Cl. The number of alkyl halides is 1. The van der Waals surface area contributed by atoms with Crippen LogP contribution >= 0.6 is 39.1 Å². The van der Waals surface area contributed by atoms with Crippen molar-refractivity contribution in [3.8, 4) is 0 Å². The number of nitrogens with two attached hydrogens (primary N) is 1. The molecule has 0 aliphatic rings. The van der Waals surface area contributed by atoms with Crippen molar-refractivity contribution in [3.05, 3.63) is 22.2 Å². The first-order valence-corrected chi connectivity index (χ1v) is 5.52. The van der Waals surface area contributed by atoms with E-state index in [1.165, 1.54) is 12.1 Å². The molecule has 0 aliphatic carbocycles. The molecular formula is C8H7BrCl2N2O. The number of hydrogen-bond acceptors (Lipinski definition) is 2. The van der Waals surface area contributed by atoms with Crippen molar-refractivity contribution in [1.82, 2.24) is 0 Å². The zero-order valence-electron chi connectivity index (χ0n) is 6.98. The lowest BCUT2D eigenvalue weighted by Crippen LogP contribution is -2.12. The van der Waals surface area contributed by atoms with Gasteiger partial charge in [0, 0.05) is 0 Å². The summed E-state index contributed by atoms with van der Waals surface area (Å²) in [7, 11) is 0. The Kier molecular flexibility index (Phi) is 4.04. The molecule has 1 aromatic rings. The molecule has 0 atom stereocenters. The normalized spacial score (nSPS) is 9.93. The number of carbonyl (C=O) groups excluding carboxylic acids is 1. The third kappa shape index (κ3) is 2.77. The molecule has 0 fully saturated rings. The highest BCUT2D eigenvalue weighted by Crippen LogP contribution is 2.30. The van der Waals surface area contributed by atoms with Crippen LogP contribution in [-0.2, 0) is 4.79 Å². The van der Waals surface area contributed by atoms with Gasteiger partial charge in [-0.05, 0) is 12.1 Å². The van der Waals surface area contributed by atoms with Gasteiger partial charge in [-0.15, -0.1) is 0 Å². The number of hydrogen-bond donors (Lipinski definition) is 2. The minimum absolute atomic E-state index is 0.200. The van der Waals surface area contributed by atoms with Crippen LogP contribution in [0.2, 0.25) is 10.0 Å². The van der Waals surface area contributed by atoms with Crippen LogP contribution in [0.3, 0.4) is 0 Å². The smallest absolute Gasteiger partial charge is 0.235 e. The number of carbonyl (C=O) groups is 1. The summed E-state index contributed by atoms with van der Waals surface area (Å²) < 4.78 is 0. The van der Waals surface area contributed by atoms with E-state index in [4.69, 9.17) is 28.9 Å². The van der Waals surface area contributed by atoms with Crippen LogP contribution < -0.4 is 11.1 Å². The monoisotopic (exact) mass is 296 g/mol. The van der Waals surface area contributed by atoms with Crippen LogP contribution in [0, 0.1) is 0 Å². The Morgan fingerprint density at radius 1 is 1.43 bits per heavy atom. The van der Waals surface area contributed by atoms with Crippen LogP contribution in [0.1, 0.15) is 0 Å². The Balaban J connectivity index is 2.98. The topological polar surface area (TPSA) is 55.1 Å². The van der Waals surface area contributed by atoms with E-state index in [2.05, 4.69) is 21.2 Å². The van der Waals surface area contributed by atoms with Crippen LogP contribution in [-0.4, -0.2) is 11.2 Å². The zero-order chi connectivity index (χ0) is 10.7. The Morgan fingerprint density at radius 2 is 2.07 bits per heavy atom. The molecule has 0 aromatic heterocycles. The van der Waals surface area contributed by atoms with Gasteiger partial charge in [0.2, 0.25) is 5.91 Å². The summed E-state index contributed by atoms with van der Waals surface area (Å²) in [4.78, 5) is 11.0. The first-order chi connectivity index (χ1) is 6.54. The molecule has 14 heavy (non-hydrogen) atoms. The summed E-state index contributed by atoms with van der Waals surface area (Å²) in [6.45, 7) is 0. The summed E-state index contributed by atoms with van der Waals surface area (Å²) in [6.07, 6.45) is 0. The van der Waals surface area contributed by atoms with Gasteiger partial charge in [0.15, 0.2) is 0 Å². The third-order valence-electron chi connectivity index (χ3n) is 1.48. The van der Waals surface area contributed by atoms with Gasteiger partial charge < -0.3 is 11.1 Å². The van der Waals surface area contributed by atoms with Crippen molar-refractivity contribution in [1.29, 1.82) is 0 Å². The largest absolute Gasteiger partial charge is 0.397 e. The van der Waals surface area contributed by atoms with Crippen molar-refractivity contribution in [2.24, 2.45) is 0 Å². The lowest BCUT2D eigenvalue weighted by molar-refractivity contribution is -0.113. The van der Waals surface area contributed by atoms with Gasteiger partial charge >= 0.3 is 0 Å². The molecule has 0 spiro atoms. The molecule has 0 radical (unpaired) electrons. The molecule has 0 saturated carbocycles. The van der Waals surface area contributed by atoms with Crippen molar-refractivity contribution < 1.29 is 4.79 Å². The van der Waals surface area contributed by atoms with E-state index in [0.29, 0.717) is 21.4 Å². The highest BCUT2D eigenvalue weighted by molar-refractivity contribution is 9.09.